The predicted molar refractivity (Wildman–Crippen MR) is 78.3 cm³/mol. The van der Waals surface area contributed by atoms with Crippen molar-refractivity contribution in [1.82, 2.24) is 0 Å². The topological polar surface area (TPSA) is 35.2 Å². The van der Waals surface area contributed by atoms with E-state index >= 15 is 0 Å². The molecule has 1 aromatic carbocycles. The zero-order chi connectivity index (χ0) is 13.5. The Bertz CT molecular complexity index is 460. The predicted octanol–water partition coefficient (Wildman–Crippen LogP) is 4.12. The Kier molecular flexibility index (Phi) is 3.30. The van der Waals surface area contributed by atoms with E-state index in [9.17, 15) is 0 Å². The minimum Gasteiger partial charge on any atom is -0.487 e. The minimum absolute atomic E-state index is 0.0212. The minimum atomic E-state index is 0.0212. The fraction of sp³-hybridized carbons (Fsp3) is 0.647. The van der Waals surface area contributed by atoms with Crippen molar-refractivity contribution in [3.8, 4) is 5.75 Å². The summed E-state index contributed by atoms with van der Waals surface area (Å²) in [5, 5.41) is 0. The van der Waals surface area contributed by atoms with E-state index in [1.807, 2.05) is 0 Å². The van der Waals surface area contributed by atoms with Gasteiger partial charge in [-0.05, 0) is 44.6 Å². The van der Waals surface area contributed by atoms with E-state index in [2.05, 4.69) is 32.0 Å². The molecule has 104 valence electrons. The number of hydrogen-bond donors (Lipinski definition) is 1. The molecule has 1 atom stereocenters. The van der Waals surface area contributed by atoms with Gasteiger partial charge in [-0.3, -0.25) is 0 Å². The van der Waals surface area contributed by atoms with Crippen LogP contribution in [0.4, 0.5) is 0 Å². The maximum atomic E-state index is 6.41. The first kappa shape index (κ1) is 13.0. The summed E-state index contributed by atoms with van der Waals surface area (Å²) in [5.41, 5.74) is 8.89. The number of hydrogen-bond acceptors (Lipinski definition) is 2. The number of aryl methyl sites for hydroxylation is 1. The summed E-state index contributed by atoms with van der Waals surface area (Å²) in [6.45, 7) is 4.41. The molecule has 1 aliphatic heterocycles. The number of rotatable bonds is 1. The van der Waals surface area contributed by atoms with Crippen molar-refractivity contribution >= 4 is 0 Å². The van der Waals surface area contributed by atoms with E-state index in [1.54, 1.807) is 0 Å². The summed E-state index contributed by atoms with van der Waals surface area (Å²) in [5.74, 6) is 1.92. The largest absolute Gasteiger partial charge is 0.487 e. The molecule has 2 aliphatic rings. The van der Waals surface area contributed by atoms with E-state index in [0.29, 0.717) is 0 Å². The molecular weight excluding hydrogens is 234 g/mol. The summed E-state index contributed by atoms with van der Waals surface area (Å²) in [6.07, 6.45) is 7.23. The third-order valence-electron chi connectivity index (χ3n) is 5.08. The average molecular weight is 259 g/mol. The van der Waals surface area contributed by atoms with Crippen molar-refractivity contribution in [3.63, 3.8) is 0 Å². The second-order valence-electron chi connectivity index (χ2n) is 6.49. The molecule has 2 heteroatoms. The lowest BCUT2D eigenvalue weighted by atomic mass is 9.73. The smallest absolute Gasteiger partial charge is 0.124 e. The van der Waals surface area contributed by atoms with Gasteiger partial charge in [-0.2, -0.15) is 0 Å². The maximum Gasteiger partial charge on any atom is 0.124 e. The number of nitrogens with two attached hydrogens (primary N) is 1. The molecule has 1 saturated carbocycles. The Morgan fingerprint density at radius 2 is 2.05 bits per heavy atom. The van der Waals surface area contributed by atoms with Crippen molar-refractivity contribution in [2.45, 2.75) is 64.0 Å². The molecule has 1 fully saturated rings. The molecule has 1 unspecified atom stereocenters. The van der Waals surface area contributed by atoms with E-state index in [4.69, 9.17) is 10.5 Å². The second kappa shape index (κ2) is 4.82. The normalized spacial score (nSPS) is 33.8. The summed E-state index contributed by atoms with van der Waals surface area (Å²) < 4.78 is 6.40. The van der Waals surface area contributed by atoms with Gasteiger partial charge >= 0.3 is 0 Å². The van der Waals surface area contributed by atoms with Crippen LogP contribution in [0.15, 0.2) is 18.2 Å². The molecule has 1 aromatic rings. The summed E-state index contributed by atoms with van der Waals surface area (Å²) >= 11 is 0. The Balaban J connectivity index is 1.83. The monoisotopic (exact) mass is 259 g/mol. The Morgan fingerprint density at radius 1 is 1.32 bits per heavy atom. The molecule has 19 heavy (non-hydrogen) atoms. The lowest BCUT2D eigenvalue weighted by molar-refractivity contribution is -0.0109. The van der Waals surface area contributed by atoms with Crippen LogP contribution in [0.1, 0.15) is 62.6 Å². The van der Waals surface area contributed by atoms with Crippen LogP contribution in [0.3, 0.4) is 0 Å². The molecule has 1 heterocycles. The summed E-state index contributed by atoms with van der Waals surface area (Å²) in [4.78, 5) is 0. The van der Waals surface area contributed by atoms with E-state index < -0.39 is 0 Å². The van der Waals surface area contributed by atoms with Gasteiger partial charge in [0, 0.05) is 18.0 Å². The van der Waals surface area contributed by atoms with Crippen LogP contribution in [0.2, 0.25) is 0 Å². The highest BCUT2D eigenvalue weighted by Crippen LogP contribution is 2.46. The molecule has 0 aromatic heterocycles. The van der Waals surface area contributed by atoms with E-state index in [1.165, 1.54) is 43.2 Å². The third-order valence-corrected chi connectivity index (χ3v) is 5.08. The molecule has 0 radical (unpaired) electrons. The Hall–Kier alpha value is -1.02. The molecule has 0 saturated heterocycles. The van der Waals surface area contributed by atoms with Crippen LogP contribution < -0.4 is 10.5 Å². The van der Waals surface area contributed by atoms with Gasteiger partial charge in [-0.1, -0.05) is 31.0 Å². The van der Waals surface area contributed by atoms with E-state index in [-0.39, 0.29) is 11.6 Å². The van der Waals surface area contributed by atoms with Crippen LogP contribution in [0, 0.1) is 12.8 Å². The van der Waals surface area contributed by atoms with Gasteiger partial charge in [0.15, 0.2) is 0 Å². The quantitative estimate of drug-likeness (QED) is 0.823. The van der Waals surface area contributed by atoms with Gasteiger partial charge in [0.05, 0.1) is 0 Å². The van der Waals surface area contributed by atoms with Crippen LogP contribution in [-0.2, 0) is 0 Å². The molecular formula is C17H25NO. The van der Waals surface area contributed by atoms with Crippen LogP contribution in [0.25, 0.3) is 0 Å². The summed E-state index contributed by atoms with van der Waals surface area (Å²) in [6, 6.07) is 6.56. The fourth-order valence-electron chi connectivity index (χ4n) is 3.75. The first-order chi connectivity index (χ1) is 9.12. The van der Waals surface area contributed by atoms with Crippen molar-refractivity contribution in [3.05, 3.63) is 29.3 Å². The zero-order valence-electron chi connectivity index (χ0n) is 12.1. The lowest BCUT2D eigenvalue weighted by Crippen LogP contribution is -2.45. The fourth-order valence-corrected chi connectivity index (χ4v) is 3.75. The number of benzene rings is 1. The highest BCUT2D eigenvalue weighted by atomic mass is 16.5. The first-order valence-electron chi connectivity index (χ1n) is 7.67. The highest BCUT2D eigenvalue weighted by Gasteiger charge is 2.42. The van der Waals surface area contributed by atoms with Gasteiger partial charge in [-0.15, -0.1) is 0 Å². The molecule has 1 aliphatic carbocycles. The SMILES string of the molecule is CCC1CCC2(CC1)CC(N)c1cc(C)ccc1O2. The van der Waals surface area contributed by atoms with Crippen LogP contribution in [0.5, 0.6) is 5.75 Å². The van der Waals surface area contributed by atoms with Crippen LogP contribution in [-0.4, -0.2) is 5.60 Å². The molecule has 2 nitrogen and oxygen atoms in total. The van der Waals surface area contributed by atoms with Gasteiger partial charge in [-0.25, -0.2) is 0 Å². The van der Waals surface area contributed by atoms with E-state index in [0.717, 1.165) is 18.1 Å². The molecule has 0 bridgehead atoms. The van der Waals surface area contributed by atoms with Gasteiger partial charge in [0.2, 0.25) is 0 Å². The average Bonchev–Trinajstić information content (AvgIpc) is 2.41. The first-order valence-corrected chi connectivity index (χ1v) is 7.67. The highest BCUT2D eigenvalue weighted by molar-refractivity contribution is 5.41. The third kappa shape index (κ3) is 2.38. The van der Waals surface area contributed by atoms with Crippen molar-refractivity contribution < 1.29 is 4.74 Å². The second-order valence-corrected chi connectivity index (χ2v) is 6.49. The number of fused-ring (bicyclic) bond motifs is 1. The van der Waals surface area contributed by atoms with Crippen molar-refractivity contribution in [2.24, 2.45) is 11.7 Å². The molecule has 2 N–H and O–H groups in total. The van der Waals surface area contributed by atoms with Crippen molar-refractivity contribution in [2.75, 3.05) is 0 Å². The van der Waals surface area contributed by atoms with Crippen molar-refractivity contribution in [1.29, 1.82) is 0 Å². The lowest BCUT2D eigenvalue weighted by Gasteiger charge is -2.45. The standard InChI is InChI=1S/C17H25NO/c1-3-13-6-8-17(9-7-13)11-15(18)14-10-12(2)4-5-16(14)19-17/h4-5,10,13,15H,3,6-9,11,18H2,1-2H3. The van der Waals surface area contributed by atoms with Gasteiger partial charge < -0.3 is 10.5 Å². The zero-order valence-corrected chi connectivity index (χ0v) is 12.1. The van der Waals surface area contributed by atoms with Gasteiger partial charge in [0.1, 0.15) is 11.4 Å². The molecule has 3 rings (SSSR count). The number of ether oxygens (including phenoxy) is 1. The molecule has 1 spiro atoms. The Morgan fingerprint density at radius 3 is 2.74 bits per heavy atom. The van der Waals surface area contributed by atoms with Crippen LogP contribution >= 0.6 is 0 Å². The summed E-state index contributed by atoms with van der Waals surface area (Å²) in [7, 11) is 0. The molecule has 0 amide bonds. The van der Waals surface area contributed by atoms with Gasteiger partial charge in [0.25, 0.3) is 0 Å². The Labute approximate surface area is 116 Å². The maximum absolute atomic E-state index is 6.41.